The van der Waals surface area contributed by atoms with Gasteiger partial charge in [0.25, 0.3) is 0 Å². The molecule has 1 aromatic rings. The van der Waals surface area contributed by atoms with Crippen molar-refractivity contribution in [3.8, 4) is 0 Å². The SMILES string of the molecule is Cc1cccc(N=C2CCC(O)CC2)c1. The van der Waals surface area contributed by atoms with Gasteiger partial charge in [-0.2, -0.15) is 0 Å². The van der Waals surface area contributed by atoms with Crippen molar-refractivity contribution in [3.63, 3.8) is 0 Å². The molecule has 0 saturated heterocycles. The normalized spacial score (nSPS) is 21.5. The van der Waals surface area contributed by atoms with Crippen molar-refractivity contribution in [3.05, 3.63) is 29.8 Å². The summed E-state index contributed by atoms with van der Waals surface area (Å²) >= 11 is 0. The van der Waals surface area contributed by atoms with E-state index in [9.17, 15) is 5.11 Å². The quantitative estimate of drug-likeness (QED) is 0.747. The maximum Gasteiger partial charge on any atom is 0.0631 e. The van der Waals surface area contributed by atoms with Crippen molar-refractivity contribution in [2.24, 2.45) is 4.99 Å². The number of aliphatic hydroxyl groups excluding tert-OH is 1. The summed E-state index contributed by atoms with van der Waals surface area (Å²) in [5.41, 5.74) is 3.51. The molecule has 1 fully saturated rings. The molecule has 1 N–H and O–H groups in total. The summed E-state index contributed by atoms with van der Waals surface area (Å²) in [5.74, 6) is 0. The third kappa shape index (κ3) is 2.90. The summed E-state index contributed by atoms with van der Waals surface area (Å²) in [6, 6.07) is 8.24. The van der Waals surface area contributed by atoms with Crippen LogP contribution in [0.3, 0.4) is 0 Å². The van der Waals surface area contributed by atoms with Crippen LogP contribution in [0.25, 0.3) is 0 Å². The highest BCUT2D eigenvalue weighted by Crippen LogP contribution is 2.20. The predicted octanol–water partition coefficient (Wildman–Crippen LogP) is 3.00. The number of aliphatic imine (C=N–C) groups is 1. The summed E-state index contributed by atoms with van der Waals surface area (Å²) in [6.07, 6.45) is 3.50. The summed E-state index contributed by atoms with van der Waals surface area (Å²) in [5, 5.41) is 9.38. The van der Waals surface area contributed by atoms with Gasteiger partial charge in [0.15, 0.2) is 0 Å². The van der Waals surface area contributed by atoms with Crippen LogP contribution in [0.4, 0.5) is 5.69 Å². The molecule has 2 rings (SSSR count). The Balaban J connectivity index is 2.10. The first-order chi connectivity index (χ1) is 7.24. The van der Waals surface area contributed by atoms with Crippen LogP contribution in [0.2, 0.25) is 0 Å². The molecule has 2 heteroatoms. The van der Waals surface area contributed by atoms with Gasteiger partial charge in [-0.1, -0.05) is 12.1 Å². The zero-order valence-electron chi connectivity index (χ0n) is 9.11. The number of hydrogen-bond acceptors (Lipinski definition) is 2. The van der Waals surface area contributed by atoms with Gasteiger partial charge in [-0.15, -0.1) is 0 Å². The fourth-order valence-electron chi connectivity index (χ4n) is 1.93. The molecule has 1 aromatic carbocycles. The van der Waals surface area contributed by atoms with Crippen LogP contribution < -0.4 is 0 Å². The average Bonchev–Trinajstić information content (AvgIpc) is 2.22. The molecule has 0 spiro atoms. The molecule has 2 nitrogen and oxygen atoms in total. The Bertz CT molecular complexity index is 361. The Kier molecular flexibility index (Phi) is 3.17. The van der Waals surface area contributed by atoms with Crippen molar-refractivity contribution in [1.29, 1.82) is 0 Å². The van der Waals surface area contributed by atoms with Gasteiger partial charge < -0.3 is 5.11 Å². The molecule has 1 saturated carbocycles. The number of aryl methyl sites for hydroxylation is 1. The summed E-state index contributed by atoms with van der Waals surface area (Å²) in [7, 11) is 0. The lowest BCUT2D eigenvalue weighted by Gasteiger charge is -2.18. The van der Waals surface area contributed by atoms with Gasteiger partial charge >= 0.3 is 0 Å². The second-order valence-corrected chi connectivity index (χ2v) is 4.25. The maximum atomic E-state index is 9.38. The molecule has 0 unspecified atom stereocenters. The lowest BCUT2D eigenvalue weighted by atomic mass is 9.96. The van der Waals surface area contributed by atoms with E-state index in [4.69, 9.17) is 0 Å². The smallest absolute Gasteiger partial charge is 0.0631 e. The average molecular weight is 203 g/mol. The maximum absolute atomic E-state index is 9.38. The molecule has 0 heterocycles. The molecule has 1 aliphatic rings. The standard InChI is InChI=1S/C13H17NO/c1-10-3-2-4-12(9-10)14-11-5-7-13(15)8-6-11/h2-4,9,13,15H,5-8H2,1H3. The first-order valence-electron chi connectivity index (χ1n) is 5.55. The van der Waals surface area contributed by atoms with Gasteiger partial charge in [-0.3, -0.25) is 4.99 Å². The van der Waals surface area contributed by atoms with E-state index in [1.807, 2.05) is 12.1 Å². The highest BCUT2D eigenvalue weighted by Gasteiger charge is 2.14. The Hall–Kier alpha value is -1.15. The van der Waals surface area contributed by atoms with Crippen molar-refractivity contribution < 1.29 is 5.11 Å². The minimum atomic E-state index is -0.110. The van der Waals surface area contributed by atoms with Crippen LogP contribution in [0.5, 0.6) is 0 Å². The summed E-state index contributed by atoms with van der Waals surface area (Å²) < 4.78 is 0. The first-order valence-corrected chi connectivity index (χ1v) is 5.55. The number of benzene rings is 1. The molecule has 0 atom stereocenters. The van der Waals surface area contributed by atoms with Gasteiger partial charge in [0, 0.05) is 5.71 Å². The number of hydrogen-bond donors (Lipinski definition) is 1. The Morgan fingerprint density at radius 2 is 2.00 bits per heavy atom. The van der Waals surface area contributed by atoms with Crippen LogP contribution in [0.15, 0.2) is 29.3 Å². The molecular weight excluding hydrogens is 186 g/mol. The molecule has 1 aliphatic carbocycles. The van der Waals surface area contributed by atoms with Crippen molar-refractivity contribution in [1.82, 2.24) is 0 Å². The molecule has 0 bridgehead atoms. The Morgan fingerprint density at radius 1 is 1.27 bits per heavy atom. The second kappa shape index (κ2) is 4.58. The highest BCUT2D eigenvalue weighted by molar-refractivity contribution is 5.87. The number of aliphatic hydroxyl groups is 1. The third-order valence-corrected chi connectivity index (χ3v) is 2.82. The van der Waals surface area contributed by atoms with E-state index in [1.165, 1.54) is 11.3 Å². The lowest BCUT2D eigenvalue weighted by molar-refractivity contribution is 0.152. The van der Waals surface area contributed by atoms with Gasteiger partial charge in [-0.25, -0.2) is 0 Å². The zero-order chi connectivity index (χ0) is 10.7. The summed E-state index contributed by atoms with van der Waals surface area (Å²) in [6.45, 7) is 2.08. The minimum absolute atomic E-state index is 0.110. The Labute approximate surface area is 90.7 Å². The first kappa shape index (κ1) is 10.4. The van der Waals surface area contributed by atoms with Crippen molar-refractivity contribution >= 4 is 11.4 Å². The Morgan fingerprint density at radius 3 is 2.67 bits per heavy atom. The molecule has 0 amide bonds. The van der Waals surface area contributed by atoms with E-state index in [-0.39, 0.29) is 6.10 Å². The van der Waals surface area contributed by atoms with E-state index in [0.717, 1.165) is 31.4 Å². The van der Waals surface area contributed by atoms with E-state index >= 15 is 0 Å². The highest BCUT2D eigenvalue weighted by atomic mass is 16.3. The monoisotopic (exact) mass is 203 g/mol. The van der Waals surface area contributed by atoms with Crippen LogP contribution in [-0.4, -0.2) is 16.9 Å². The van der Waals surface area contributed by atoms with Gasteiger partial charge in [0.1, 0.15) is 0 Å². The molecule has 0 aliphatic heterocycles. The lowest BCUT2D eigenvalue weighted by Crippen LogP contribution is -2.17. The number of nitrogens with zero attached hydrogens (tertiary/aromatic N) is 1. The van der Waals surface area contributed by atoms with Gasteiger partial charge in [-0.05, 0) is 50.3 Å². The second-order valence-electron chi connectivity index (χ2n) is 4.25. The molecule has 0 radical (unpaired) electrons. The van der Waals surface area contributed by atoms with Crippen LogP contribution >= 0.6 is 0 Å². The predicted molar refractivity (Wildman–Crippen MR) is 62.7 cm³/mol. The van der Waals surface area contributed by atoms with Crippen molar-refractivity contribution in [2.75, 3.05) is 0 Å². The topological polar surface area (TPSA) is 32.6 Å². The van der Waals surface area contributed by atoms with E-state index in [1.54, 1.807) is 0 Å². The molecule has 80 valence electrons. The number of rotatable bonds is 1. The zero-order valence-corrected chi connectivity index (χ0v) is 9.11. The fraction of sp³-hybridized carbons (Fsp3) is 0.462. The fourth-order valence-corrected chi connectivity index (χ4v) is 1.93. The third-order valence-electron chi connectivity index (χ3n) is 2.82. The van der Waals surface area contributed by atoms with Crippen LogP contribution in [0.1, 0.15) is 31.2 Å². The summed E-state index contributed by atoms with van der Waals surface area (Å²) in [4.78, 5) is 4.62. The van der Waals surface area contributed by atoms with E-state index in [0.29, 0.717) is 0 Å². The van der Waals surface area contributed by atoms with Crippen LogP contribution in [0, 0.1) is 6.92 Å². The molecule has 0 aromatic heterocycles. The van der Waals surface area contributed by atoms with Crippen molar-refractivity contribution in [2.45, 2.75) is 38.7 Å². The van der Waals surface area contributed by atoms with E-state index in [2.05, 4.69) is 24.0 Å². The van der Waals surface area contributed by atoms with Crippen LogP contribution in [-0.2, 0) is 0 Å². The molecular formula is C13H17NO. The largest absolute Gasteiger partial charge is 0.393 e. The molecule has 15 heavy (non-hydrogen) atoms. The van der Waals surface area contributed by atoms with Gasteiger partial charge in [0.2, 0.25) is 0 Å². The minimum Gasteiger partial charge on any atom is -0.393 e. The van der Waals surface area contributed by atoms with Gasteiger partial charge in [0.05, 0.1) is 11.8 Å². The van der Waals surface area contributed by atoms with E-state index < -0.39 is 0 Å².